The summed E-state index contributed by atoms with van der Waals surface area (Å²) >= 11 is 0. The minimum atomic E-state index is 0.306. The molecule has 2 aliphatic heterocycles. The van der Waals surface area contributed by atoms with E-state index >= 15 is 0 Å². The van der Waals surface area contributed by atoms with E-state index in [1.807, 2.05) is 0 Å². The van der Waals surface area contributed by atoms with E-state index in [-0.39, 0.29) is 0 Å². The second kappa shape index (κ2) is 4.53. The van der Waals surface area contributed by atoms with Gasteiger partial charge in [0, 0.05) is 18.6 Å². The van der Waals surface area contributed by atoms with Crippen LogP contribution in [0.25, 0.3) is 0 Å². The summed E-state index contributed by atoms with van der Waals surface area (Å²) in [6.45, 7) is 5.75. The lowest BCUT2D eigenvalue weighted by atomic mass is 9.78. The molecule has 0 aromatic rings. The minimum absolute atomic E-state index is 0.306. The van der Waals surface area contributed by atoms with E-state index in [1.165, 1.54) is 32.2 Å². The van der Waals surface area contributed by atoms with E-state index in [1.54, 1.807) is 0 Å². The first-order valence-electron chi connectivity index (χ1n) is 6.37. The first-order chi connectivity index (χ1) is 7.22. The average Bonchev–Trinajstić information content (AvgIpc) is 2.17. The van der Waals surface area contributed by atoms with Gasteiger partial charge in [0.2, 0.25) is 0 Å². The highest BCUT2D eigenvalue weighted by molar-refractivity contribution is 5.01. The van der Waals surface area contributed by atoms with Crippen molar-refractivity contribution in [3.05, 3.63) is 0 Å². The van der Waals surface area contributed by atoms with Gasteiger partial charge in [-0.05, 0) is 31.6 Å². The monoisotopic (exact) mass is 206 g/mol. The van der Waals surface area contributed by atoms with E-state index in [0.29, 0.717) is 12.0 Å². The highest BCUT2D eigenvalue weighted by atomic mass is 15.2. The zero-order chi connectivity index (χ0) is 10.8. The molecular weight excluding hydrogens is 184 g/mol. The third kappa shape index (κ3) is 2.18. The zero-order valence-electron chi connectivity index (χ0n) is 9.95. The lowest BCUT2D eigenvalue weighted by Crippen LogP contribution is -2.54. The Balaban J connectivity index is 2.09. The normalized spacial score (nSPS) is 36.5. The molecule has 3 unspecified atom stereocenters. The molecular formula is C13H22N2. The van der Waals surface area contributed by atoms with Gasteiger partial charge in [-0.2, -0.15) is 5.26 Å². The number of piperidine rings is 2. The molecule has 0 aromatic carbocycles. The van der Waals surface area contributed by atoms with E-state index in [4.69, 9.17) is 0 Å². The summed E-state index contributed by atoms with van der Waals surface area (Å²) in [5, 5.41) is 9.18. The Morgan fingerprint density at radius 3 is 2.73 bits per heavy atom. The minimum Gasteiger partial charge on any atom is -0.296 e. The maximum atomic E-state index is 9.18. The van der Waals surface area contributed by atoms with Crippen molar-refractivity contribution in [1.29, 1.82) is 5.26 Å². The molecule has 0 saturated carbocycles. The van der Waals surface area contributed by atoms with Crippen LogP contribution in [0.5, 0.6) is 0 Å². The van der Waals surface area contributed by atoms with Gasteiger partial charge in [0.05, 0.1) is 12.0 Å². The van der Waals surface area contributed by atoms with Crippen LogP contribution in [0.2, 0.25) is 0 Å². The molecule has 2 saturated heterocycles. The molecule has 2 heteroatoms. The van der Waals surface area contributed by atoms with E-state index in [2.05, 4.69) is 24.8 Å². The first kappa shape index (κ1) is 11.0. The Hall–Kier alpha value is -0.550. The summed E-state index contributed by atoms with van der Waals surface area (Å²) in [4.78, 5) is 2.64. The number of nitrogens with zero attached hydrogens (tertiary/aromatic N) is 2. The third-order valence-corrected chi connectivity index (χ3v) is 3.95. The Bertz CT molecular complexity index is 254. The molecule has 0 spiro atoms. The topological polar surface area (TPSA) is 27.0 Å². The van der Waals surface area contributed by atoms with Crippen LogP contribution in [0.3, 0.4) is 0 Å². The van der Waals surface area contributed by atoms with Gasteiger partial charge < -0.3 is 0 Å². The molecule has 2 nitrogen and oxygen atoms in total. The number of hydrogen-bond donors (Lipinski definition) is 0. The first-order valence-corrected chi connectivity index (χ1v) is 6.37. The van der Waals surface area contributed by atoms with Crippen LogP contribution in [-0.2, 0) is 0 Å². The number of hydrogen-bond acceptors (Lipinski definition) is 2. The van der Waals surface area contributed by atoms with Gasteiger partial charge in [-0.1, -0.05) is 20.3 Å². The summed E-state index contributed by atoms with van der Waals surface area (Å²) in [6.07, 6.45) is 6.34. The number of nitriles is 1. The van der Waals surface area contributed by atoms with Gasteiger partial charge in [0.25, 0.3) is 0 Å². The van der Waals surface area contributed by atoms with Gasteiger partial charge in [0.15, 0.2) is 0 Å². The molecule has 3 atom stereocenters. The Kier molecular flexibility index (Phi) is 3.31. The highest BCUT2D eigenvalue weighted by Crippen LogP contribution is 2.37. The second-order valence-electron chi connectivity index (χ2n) is 5.56. The fourth-order valence-electron chi connectivity index (χ4n) is 3.33. The quantitative estimate of drug-likeness (QED) is 0.694. The molecule has 2 heterocycles. The number of fused-ring (bicyclic) bond motifs is 2. The average molecular weight is 206 g/mol. The van der Waals surface area contributed by atoms with Crippen molar-refractivity contribution < 1.29 is 0 Å². The van der Waals surface area contributed by atoms with Crippen LogP contribution >= 0.6 is 0 Å². The van der Waals surface area contributed by atoms with Gasteiger partial charge in [-0.15, -0.1) is 0 Å². The van der Waals surface area contributed by atoms with Gasteiger partial charge >= 0.3 is 0 Å². The zero-order valence-corrected chi connectivity index (χ0v) is 9.95. The van der Waals surface area contributed by atoms with Crippen LogP contribution in [0, 0.1) is 23.2 Å². The maximum Gasteiger partial charge on any atom is 0.0672 e. The molecule has 0 amide bonds. The van der Waals surface area contributed by atoms with Crippen molar-refractivity contribution in [2.75, 3.05) is 6.54 Å². The maximum absolute atomic E-state index is 9.18. The van der Waals surface area contributed by atoms with Crippen molar-refractivity contribution in [3.8, 4) is 6.07 Å². The van der Waals surface area contributed by atoms with Crippen molar-refractivity contribution in [2.24, 2.45) is 11.8 Å². The number of rotatable bonds is 2. The fraction of sp³-hybridized carbons (Fsp3) is 0.923. The van der Waals surface area contributed by atoms with Gasteiger partial charge in [-0.25, -0.2) is 0 Å². The largest absolute Gasteiger partial charge is 0.296 e. The van der Waals surface area contributed by atoms with E-state index < -0.39 is 0 Å². The molecule has 0 aromatic heterocycles. The molecule has 2 rings (SSSR count). The lowest BCUT2D eigenvalue weighted by molar-refractivity contribution is 0.00935. The summed E-state index contributed by atoms with van der Waals surface area (Å²) in [7, 11) is 0. The predicted molar refractivity (Wildman–Crippen MR) is 61.3 cm³/mol. The summed E-state index contributed by atoms with van der Waals surface area (Å²) in [5.41, 5.74) is 0. The lowest BCUT2D eigenvalue weighted by Gasteiger charge is -2.49. The second-order valence-corrected chi connectivity index (χ2v) is 5.56. The standard InChI is InChI=1S/C13H22N2/c1-10(2)9-15-12-4-3-5-13(15)11(8-14)6-7-12/h10-13H,3-7,9H2,1-2H3. The molecule has 15 heavy (non-hydrogen) atoms. The highest BCUT2D eigenvalue weighted by Gasteiger charge is 2.39. The van der Waals surface area contributed by atoms with Crippen LogP contribution < -0.4 is 0 Å². The van der Waals surface area contributed by atoms with Gasteiger partial charge in [0.1, 0.15) is 0 Å². The molecule has 0 N–H and O–H groups in total. The molecule has 2 bridgehead atoms. The van der Waals surface area contributed by atoms with Crippen molar-refractivity contribution in [2.45, 2.75) is 58.0 Å². The fourth-order valence-corrected chi connectivity index (χ4v) is 3.33. The predicted octanol–water partition coefficient (Wildman–Crippen LogP) is 2.80. The van der Waals surface area contributed by atoms with Crippen LogP contribution in [0.1, 0.15) is 46.0 Å². The van der Waals surface area contributed by atoms with E-state index in [0.717, 1.165) is 18.4 Å². The molecule has 2 aliphatic rings. The smallest absolute Gasteiger partial charge is 0.0672 e. The van der Waals surface area contributed by atoms with Crippen LogP contribution in [-0.4, -0.2) is 23.5 Å². The summed E-state index contributed by atoms with van der Waals surface area (Å²) in [6, 6.07) is 3.88. The molecule has 84 valence electrons. The van der Waals surface area contributed by atoms with Crippen molar-refractivity contribution in [1.82, 2.24) is 4.90 Å². The van der Waals surface area contributed by atoms with Crippen molar-refractivity contribution in [3.63, 3.8) is 0 Å². The molecule has 2 fully saturated rings. The Morgan fingerprint density at radius 2 is 2.07 bits per heavy atom. The third-order valence-electron chi connectivity index (χ3n) is 3.95. The Morgan fingerprint density at radius 1 is 1.27 bits per heavy atom. The van der Waals surface area contributed by atoms with Crippen LogP contribution in [0.15, 0.2) is 0 Å². The van der Waals surface area contributed by atoms with Crippen molar-refractivity contribution >= 4 is 0 Å². The molecule has 0 radical (unpaired) electrons. The Labute approximate surface area is 93.3 Å². The van der Waals surface area contributed by atoms with Gasteiger partial charge in [-0.3, -0.25) is 4.90 Å². The van der Waals surface area contributed by atoms with Crippen LogP contribution in [0.4, 0.5) is 0 Å². The summed E-state index contributed by atoms with van der Waals surface area (Å²) < 4.78 is 0. The SMILES string of the molecule is CC(C)CN1C2CCCC1C(C#N)CC2. The molecule has 0 aliphatic carbocycles. The summed E-state index contributed by atoms with van der Waals surface area (Å²) in [5.74, 6) is 1.03. The van der Waals surface area contributed by atoms with E-state index in [9.17, 15) is 5.26 Å².